The van der Waals surface area contributed by atoms with E-state index in [0.29, 0.717) is 13.0 Å². The maximum Gasteiger partial charge on any atom is 0.381 e. The van der Waals surface area contributed by atoms with Gasteiger partial charge in [-0.3, -0.25) is 0 Å². The highest BCUT2D eigenvalue weighted by molar-refractivity contribution is 7.46. The molecule has 0 aromatic heterocycles. The van der Waals surface area contributed by atoms with Gasteiger partial charge in [0.2, 0.25) is 6.16 Å². The van der Waals surface area contributed by atoms with E-state index < -0.39 is 13.8 Å². The molecule has 0 heterocycles. The number of carbonyl (C=O) groups is 1. The summed E-state index contributed by atoms with van der Waals surface area (Å²) in [5.41, 5.74) is 0. The van der Waals surface area contributed by atoms with Crippen LogP contribution in [0.5, 0.6) is 0 Å². The molecule has 0 saturated heterocycles. The van der Waals surface area contributed by atoms with Gasteiger partial charge in [-0.15, -0.1) is 0 Å². The van der Waals surface area contributed by atoms with E-state index >= 15 is 0 Å². The van der Waals surface area contributed by atoms with E-state index in [1.165, 1.54) is 19.3 Å². The van der Waals surface area contributed by atoms with Crippen LogP contribution in [0, 0.1) is 0 Å². The van der Waals surface area contributed by atoms with Crippen molar-refractivity contribution < 1.29 is 19.2 Å². The summed E-state index contributed by atoms with van der Waals surface area (Å²) in [6.07, 6.45) is 6.10. The molecule has 100 valence electrons. The Balaban J connectivity index is 3.88. The van der Waals surface area contributed by atoms with Crippen LogP contribution in [0.25, 0.3) is 0 Å². The number of ether oxygens (including phenoxy) is 1. The van der Waals surface area contributed by atoms with Crippen LogP contribution in [0.2, 0.25) is 0 Å². The maximum atomic E-state index is 11.7. The van der Waals surface area contributed by atoms with Crippen molar-refractivity contribution >= 4 is 13.8 Å². The second-order valence-electron chi connectivity index (χ2n) is 4.08. The van der Waals surface area contributed by atoms with Crippen LogP contribution >= 0.6 is 7.80 Å². The van der Waals surface area contributed by atoms with Crippen LogP contribution in [0.1, 0.15) is 52.4 Å². The number of carboxylic acids is 1. The molecule has 0 saturated carbocycles. The van der Waals surface area contributed by atoms with Gasteiger partial charge >= 0.3 is 13.8 Å². The predicted octanol–water partition coefficient (Wildman–Crippen LogP) is 3.62. The van der Waals surface area contributed by atoms with Gasteiger partial charge in [-0.2, -0.15) is 0 Å². The molecule has 0 aliphatic carbocycles. The highest BCUT2D eigenvalue weighted by Gasteiger charge is 2.32. The topological polar surface area (TPSA) is 63.6 Å². The third kappa shape index (κ3) is 9.25. The average Bonchev–Trinajstić information content (AvgIpc) is 2.26. The van der Waals surface area contributed by atoms with Crippen LogP contribution in [0.3, 0.4) is 0 Å². The van der Waals surface area contributed by atoms with Crippen LogP contribution < -0.4 is 0 Å². The molecule has 4 nitrogen and oxygen atoms in total. The lowest BCUT2D eigenvalue weighted by atomic mass is 10.1. The van der Waals surface area contributed by atoms with E-state index in [9.17, 15) is 9.36 Å². The average molecular weight is 263 g/mol. The van der Waals surface area contributed by atoms with Gasteiger partial charge in [-0.05, 0) is 13.3 Å². The summed E-state index contributed by atoms with van der Waals surface area (Å²) < 4.78 is 17.1. The highest BCUT2D eigenvalue weighted by Crippen LogP contribution is 2.32. The Labute approximate surface area is 105 Å². The molecular formula is C12H24O4P+. The van der Waals surface area contributed by atoms with Crippen LogP contribution in [-0.2, 0) is 14.1 Å². The van der Waals surface area contributed by atoms with Crippen molar-refractivity contribution in [2.24, 2.45) is 0 Å². The van der Waals surface area contributed by atoms with Gasteiger partial charge < -0.3 is 9.84 Å². The van der Waals surface area contributed by atoms with Crippen LogP contribution in [0.15, 0.2) is 0 Å². The normalized spacial score (nSPS) is 13.4. The lowest BCUT2D eigenvalue weighted by Crippen LogP contribution is -2.12. The molecule has 0 aromatic rings. The standard InChI is InChI=1S/C12H23O4P/c1-3-5-6-7-8-9-12(16-4-2)17(15)10-11(13)14/h12H,3-10H2,1-2H3/p+1. The summed E-state index contributed by atoms with van der Waals surface area (Å²) in [5.74, 6) is -1.39. The molecule has 0 rings (SSSR count). The zero-order chi connectivity index (χ0) is 13.1. The summed E-state index contributed by atoms with van der Waals surface area (Å²) in [7, 11) is -1.79. The van der Waals surface area contributed by atoms with Gasteiger partial charge in [-0.25, -0.2) is 4.79 Å². The third-order valence-electron chi connectivity index (χ3n) is 2.53. The fourth-order valence-corrected chi connectivity index (χ4v) is 2.92. The van der Waals surface area contributed by atoms with Gasteiger partial charge in [0.05, 0.1) is 0 Å². The Morgan fingerprint density at radius 3 is 2.41 bits per heavy atom. The van der Waals surface area contributed by atoms with Crippen molar-refractivity contribution in [3.8, 4) is 0 Å². The third-order valence-corrected chi connectivity index (χ3v) is 4.16. The second kappa shape index (κ2) is 10.7. The van der Waals surface area contributed by atoms with Crippen molar-refractivity contribution in [3.63, 3.8) is 0 Å². The summed E-state index contributed by atoms with van der Waals surface area (Å²) in [4.78, 5) is 10.5. The summed E-state index contributed by atoms with van der Waals surface area (Å²) in [6, 6.07) is 0. The number of hydrogen-bond donors (Lipinski definition) is 1. The lowest BCUT2D eigenvalue weighted by Gasteiger charge is -2.07. The molecule has 5 heteroatoms. The first-order valence-corrected chi connectivity index (χ1v) is 7.90. The molecule has 0 aliphatic heterocycles. The fraction of sp³-hybridized carbons (Fsp3) is 0.917. The number of aliphatic carboxylic acids is 1. The van der Waals surface area contributed by atoms with E-state index in [2.05, 4.69) is 6.92 Å². The second-order valence-corrected chi connectivity index (χ2v) is 5.81. The fourth-order valence-electron chi connectivity index (χ4n) is 1.66. The SMILES string of the molecule is CCCCCCCC(OCC)[P+](=O)CC(=O)O. The highest BCUT2D eigenvalue weighted by atomic mass is 31.1. The summed E-state index contributed by atoms with van der Waals surface area (Å²) >= 11 is 0. The van der Waals surface area contributed by atoms with Crippen molar-refractivity contribution in [2.45, 2.75) is 58.2 Å². The minimum absolute atomic E-state index is 0.283. The van der Waals surface area contributed by atoms with Gasteiger partial charge in [0.25, 0.3) is 5.85 Å². The molecule has 0 spiro atoms. The summed E-state index contributed by atoms with van der Waals surface area (Å²) in [5, 5.41) is 8.60. The zero-order valence-corrected chi connectivity index (χ0v) is 11.7. The molecule has 17 heavy (non-hydrogen) atoms. The Morgan fingerprint density at radius 2 is 1.88 bits per heavy atom. The first kappa shape index (κ1) is 16.5. The van der Waals surface area contributed by atoms with Crippen molar-refractivity contribution in [1.82, 2.24) is 0 Å². The first-order chi connectivity index (χ1) is 8.11. The van der Waals surface area contributed by atoms with E-state index in [1.54, 1.807) is 0 Å². The van der Waals surface area contributed by atoms with Crippen molar-refractivity contribution in [2.75, 3.05) is 12.8 Å². The van der Waals surface area contributed by atoms with E-state index in [0.717, 1.165) is 12.8 Å². The molecule has 0 radical (unpaired) electrons. The van der Waals surface area contributed by atoms with Gasteiger partial charge in [0, 0.05) is 13.0 Å². The number of rotatable bonds is 11. The van der Waals surface area contributed by atoms with E-state index in [1.807, 2.05) is 6.92 Å². The Kier molecular flexibility index (Phi) is 10.4. The zero-order valence-electron chi connectivity index (χ0n) is 10.9. The molecule has 0 fully saturated rings. The van der Waals surface area contributed by atoms with E-state index in [-0.39, 0.29) is 12.0 Å². The molecular weight excluding hydrogens is 239 g/mol. The number of hydrogen-bond acceptors (Lipinski definition) is 3. The smallest absolute Gasteiger partial charge is 0.381 e. The number of carboxylic acid groups (broad SMARTS) is 1. The largest absolute Gasteiger partial charge is 0.478 e. The minimum Gasteiger partial charge on any atom is -0.478 e. The molecule has 0 bridgehead atoms. The number of unbranched alkanes of at least 4 members (excludes halogenated alkanes) is 4. The van der Waals surface area contributed by atoms with Crippen molar-refractivity contribution in [1.29, 1.82) is 0 Å². The molecule has 1 N–H and O–H groups in total. The molecule has 0 aromatic carbocycles. The first-order valence-electron chi connectivity index (χ1n) is 6.39. The van der Waals surface area contributed by atoms with Gasteiger partial charge in [0.15, 0.2) is 0 Å². The Morgan fingerprint density at radius 1 is 1.24 bits per heavy atom. The Bertz CT molecular complexity index is 231. The van der Waals surface area contributed by atoms with Crippen LogP contribution in [0.4, 0.5) is 0 Å². The monoisotopic (exact) mass is 263 g/mol. The van der Waals surface area contributed by atoms with E-state index in [4.69, 9.17) is 9.84 Å². The van der Waals surface area contributed by atoms with Gasteiger partial charge in [0.1, 0.15) is 0 Å². The molecule has 0 amide bonds. The molecule has 2 atom stereocenters. The Hall–Kier alpha value is -0.470. The van der Waals surface area contributed by atoms with Gasteiger partial charge in [-0.1, -0.05) is 37.2 Å². The minimum atomic E-state index is -1.79. The molecule has 2 unspecified atom stereocenters. The summed E-state index contributed by atoms with van der Waals surface area (Å²) in [6.45, 7) is 4.49. The maximum absolute atomic E-state index is 11.7. The molecule has 0 aliphatic rings. The van der Waals surface area contributed by atoms with Crippen LogP contribution in [-0.4, -0.2) is 29.7 Å². The van der Waals surface area contributed by atoms with Crippen molar-refractivity contribution in [3.05, 3.63) is 0 Å². The predicted molar refractivity (Wildman–Crippen MR) is 68.9 cm³/mol. The quantitative estimate of drug-likeness (QED) is 0.456. The lowest BCUT2D eigenvalue weighted by molar-refractivity contribution is -0.134.